The number of hydrogen-bond donors (Lipinski definition) is 4. The summed E-state index contributed by atoms with van der Waals surface area (Å²) in [4.78, 5) is 0. The minimum atomic E-state index is 0.449. The van der Waals surface area contributed by atoms with Crippen molar-refractivity contribution in [1.82, 2.24) is 21.5 Å². The SMILES string of the molecule is COc1ccc(CNC(=S)NNC(=S)NCCc2ccc(OC)c(OC)c2)cc1. The molecule has 9 heteroatoms. The van der Waals surface area contributed by atoms with Crippen LogP contribution in [-0.4, -0.2) is 38.1 Å². The van der Waals surface area contributed by atoms with Gasteiger partial charge in [-0.25, -0.2) is 0 Å². The minimum Gasteiger partial charge on any atom is -0.497 e. The molecule has 0 aliphatic rings. The molecule has 0 aliphatic carbocycles. The molecule has 0 aliphatic heterocycles. The molecule has 4 N–H and O–H groups in total. The number of rotatable bonds is 8. The molecule has 7 nitrogen and oxygen atoms in total. The fourth-order valence-corrected chi connectivity index (χ4v) is 2.76. The molecule has 0 atom stereocenters. The topological polar surface area (TPSA) is 75.8 Å². The van der Waals surface area contributed by atoms with E-state index in [2.05, 4.69) is 21.5 Å². The molecule has 0 amide bonds. The first-order valence-corrected chi connectivity index (χ1v) is 9.79. The Labute approximate surface area is 182 Å². The molecule has 0 bridgehead atoms. The van der Waals surface area contributed by atoms with Crippen molar-refractivity contribution >= 4 is 34.7 Å². The van der Waals surface area contributed by atoms with Gasteiger partial charge in [0.15, 0.2) is 21.7 Å². The first-order valence-electron chi connectivity index (χ1n) is 8.97. The molecular formula is C20H26N4O3S2. The van der Waals surface area contributed by atoms with E-state index in [9.17, 15) is 0 Å². The van der Waals surface area contributed by atoms with E-state index in [4.69, 9.17) is 38.6 Å². The van der Waals surface area contributed by atoms with Gasteiger partial charge < -0.3 is 24.8 Å². The lowest BCUT2D eigenvalue weighted by Gasteiger charge is -2.15. The molecule has 2 aromatic carbocycles. The maximum atomic E-state index is 5.31. The Bertz CT molecular complexity index is 816. The number of ether oxygens (including phenoxy) is 3. The number of hydrogen-bond acceptors (Lipinski definition) is 5. The van der Waals surface area contributed by atoms with Gasteiger partial charge in [-0.05, 0) is 66.2 Å². The summed E-state index contributed by atoms with van der Waals surface area (Å²) in [5.74, 6) is 2.24. The van der Waals surface area contributed by atoms with Gasteiger partial charge in [0.05, 0.1) is 21.3 Å². The fourth-order valence-electron chi connectivity index (χ4n) is 2.48. The van der Waals surface area contributed by atoms with Crippen molar-refractivity contribution in [2.75, 3.05) is 27.9 Å². The van der Waals surface area contributed by atoms with Gasteiger partial charge in [-0.1, -0.05) is 18.2 Å². The lowest BCUT2D eigenvalue weighted by molar-refractivity contribution is 0.354. The van der Waals surface area contributed by atoms with Crippen molar-refractivity contribution in [3.05, 3.63) is 53.6 Å². The summed E-state index contributed by atoms with van der Waals surface area (Å²) in [6, 6.07) is 13.6. The van der Waals surface area contributed by atoms with Gasteiger partial charge >= 0.3 is 0 Å². The number of thiocarbonyl (C=S) groups is 2. The Morgan fingerprint density at radius 1 is 0.759 bits per heavy atom. The number of benzene rings is 2. The molecule has 0 fully saturated rings. The van der Waals surface area contributed by atoms with E-state index >= 15 is 0 Å². The third-order valence-corrected chi connectivity index (χ3v) is 4.54. The third-order valence-electron chi connectivity index (χ3n) is 4.05. The van der Waals surface area contributed by atoms with Crippen LogP contribution in [0.15, 0.2) is 42.5 Å². The Hall–Kier alpha value is -2.78. The zero-order valence-corrected chi connectivity index (χ0v) is 18.3. The highest BCUT2D eigenvalue weighted by molar-refractivity contribution is 7.80. The summed E-state index contributed by atoms with van der Waals surface area (Å²) in [6.45, 7) is 1.26. The first kappa shape index (κ1) is 22.5. The maximum absolute atomic E-state index is 5.31. The molecule has 156 valence electrons. The Kier molecular flexibility index (Phi) is 9.26. The minimum absolute atomic E-state index is 0.449. The summed E-state index contributed by atoms with van der Waals surface area (Å²) in [5.41, 5.74) is 7.93. The quantitative estimate of drug-likeness (QED) is 0.370. The highest BCUT2D eigenvalue weighted by Crippen LogP contribution is 2.27. The number of hydrazine groups is 1. The normalized spacial score (nSPS) is 9.90. The van der Waals surface area contributed by atoms with Crippen LogP contribution in [0.4, 0.5) is 0 Å². The summed E-state index contributed by atoms with van der Waals surface area (Å²) >= 11 is 10.5. The molecular weight excluding hydrogens is 408 g/mol. The smallest absolute Gasteiger partial charge is 0.185 e. The molecule has 0 saturated heterocycles. The first-order chi connectivity index (χ1) is 14.0. The van der Waals surface area contributed by atoms with Gasteiger partial charge in [0.2, 0.25) is 0 Å². The van der Waals surface area contributed by atoms with Gasteiger partial charge in [0.25, 0.3) is 0 Å². The van der Waals surface area contributed by atoms with E-state index in [1.165, 1.54) is 0 Å². The van der Waals surface area contributed by atoms with Gasteiger partial charge in [-0.2, -0.15) is 0 Å². The van der Waals surface area contributed by atoms with Crippen molar-refractivity contribution in [3.63, 3.8) is 0 Å². The van der Waals surface area contributed by atoms with Crippen molar-refractivity contribution in [2.45, 2.75) is 13.0 Å². The summed E-state index contributed by atoms with van der Waals surface area (Å²) in [5, 5.41) is 7.13. The highest BCUT2D eigenvalue weighted by Gasteiger charge is 2.05. The van der Waals surface area contributed by atoms with Gasteiger partial charge in [0, 0.05) is 13.1 Å². The Balaban J connectivity index is 1.65. The molecule has 0 aromatic heterocycles. The van der Waals surface area contributed by atoms with Crippen molar-refractivity contribution in [2.24, 2.45) is 0 Å². The second kappa shape index (κ2) is 11.9. The average molecular weight is 435 g/mol. The van der Waals surface area contributed by atoms with Crippen LogP contribution in [0.1, 0.15) is 11.1 Å². The van der Waals surface area contributed by atoms with Crippen molar-refractivity contribution < 1.29 is 14.2 Å². The number of nitrogens with one attached hydrogen (secondary N) is 4. The maximum Gasteiger partial charge on any atom is 0.185 e. The van der Waals surface area contributed by atoms with E-state index in [1.54, 1.807) is 21.3 Å². The van der Waals surface area contributed by atoms with Gasteiger partial charge in [0.1, 0.15) is 5.75 Å². The van der Waals surface area contributed by atoms with Crippen LogP contribution in [0.3, 0.4) is 0 Å². The van der Waals surface area contributed by atoms with Gasteiger partial charge in [-0.15, -0.1) is 0 Å². The van der Waals surface area contributed by atoms with Crippen LogP contribution >= 0.6 is 24.4 Å². The lowest BCUT2D eigenvalue weighted by atomic mass is 10.1. The molecule has 0 spiro atoms. The van der Waals surface area contributed by atoms with E-state index in [0.717, 1.165) is 23.3 Å². The molecule has 0 heterocycles. The van der Waals surface area contributed by atoms with Crippen LogP contribution in [0, 0.1) is 0 Å². The molecule has 29 heavy (non-hydrogen) atoms. The molecule has 0 saturated carbocycles. The van der Waals surface area contributed by atoms with E-state index in [-0.39, 0.29) is 0 Å². The second-order valence-electron chi connectivity index (χ2n) is 5.98. The fraction of sp³-hybridized carbons (Fsp3) is 0.300. The lowest BCUT2D eigenvalue weighted by Crippen LogP contribution is -2.50. The van der Waals surface area contributed by atoms with Crippen molar-refractivity contribution in [3.8, 4) is 17.2 Å². The monoisotopic (exact) mass is 434 g/mol. The average Bonchev–Trinajstić information content (AvgIpc) is 2.76. The summed E-state index contributed by atoms with van der Waals surface area (Å²) in [7, 11) is 4.88. The molecule has 0 radical (unpaired) electrons. The van der Waals surface area contributed by atoms with E-state index in [0.29, 0.717) is 34.8 Å². The van der Waals surface area contributed by atoms with Gasteiger partial charge in [-0.3, -0.25) is 10.9 Å². The second-order valence-corrected chi connectivity index (χ2v) is 6.79. The molecule has 2 rings (SSSR count). The predicted octanol–water partition coefficient (Wildman–Crippen LogP) is 2.30. The van der Waals surface area contributed by atoms with Crippen LogP contribution < -0.4 is 35.7 Å². The third kappa shape index (κ3) is 7.63. The summed E-state index contributed by atoms with van der Waals surface area (Å²) in [6.07, 6.45) is 0.780. The largest absolute Gasteiger partial charge is 0.497 e. The van der Waals surface area contributed by atoms with Crippen LogP contribution in [0.2, 0.25) is 0 Å². The van der Waals surface area contributed by atoms with Crippen LogP contribution in [0.25, 0.3) is 0 Å². The van der Waals surface area contributed by atoms with Crippen molar-refractivity contribution in [1.29, 1.82) is 0 Å². The zero-order valence-electron chi connectivity index (χ0n) is 16.7. The highest BCUT2D eigenvalue weighted by atomic mass is 32.1. The van der Waals surface area contributed by atoms with Crippen LogP contribution in [0.5, 0.6) is 17.2 Å². The number of methoxy groups -OCH3 is 3. The standard InChI is InChI=1S/C20H26N4O3S2/c1-25-16-7-4-15(5-8-16)13-22-20(29)24-23-19(28)21-11-10-14-6-9-17(26-2)18(12-14)27-3/h4-9,12H,10-11,13H2,1-3H3,(H2,21,23,28)(H2,22,24,29). The van der Waals surface area contributed by atoms with Crippen LogP contribution in [-0.2, 0) is 13.0 Å². The Morgan fingerprint density at radius 2 is 1.38 bits per heavy atom. The zero-order chi connectivity index (χ0) is 21.1. The molecule has 2 aromatic rings. The molecule has 0 unspecified atom stereocenters. The Morgan fingerprint density at radius 3 is 2.00 bits per heavy atom. The van der Waals surface area contributed by atoms with E-state index < -0.39 is 0 Å². The predicted molar refractivity (Wildman–Crippen MR) is 123 cm³/mol. The summed E-state index contributed by atoms with van der Waals surface area (Å²) < 4.78 is 15.7. The van der Waals surface area contributed by atoms with E-state index in [1.807, 2.05) is 42.5 Å².